The molecule has 1 atom stereocenters. The maximum atomic E-state index is 11.1. The summed E-state index contributed by atoms with van der Waals surface area (Å²) in [7, 11) is 0. The van der Waals surface area contributed by atoms with Crippen LogP contribution in [0.5, 0.6) is 0 Å². The Kier molecular flexibility index (Phi) is 3.33. The van der Waals surface area contributed by atoms with E-state index in [0.717, 1.165) is 5.01 Å². The maximum Gasteiger partial charge on any atom is 0.429 e. The number of carbonyl (C=O) groups excluding carboxylic acids is 2. The van der Waals surface area contributed by atoms with Crippen LogP contribution in [0.25, 0.3) is 0 Å². The molecule has 2 amide bonds. The Hall–Kier alpha value is -1.72. The normalized spacial score (nSPS) is 20.2. The quantitative estimate of drug-likeness (QED) is 0.679. The monoisotopic (exact) mass is 200 g/mol. The van der Waals surface area contributed by atoms with E-state index in [4.69, 9.17) is 4.74 Å². The summed E-state index contributed by atoms with van der Waals surface area (Å²) >= 11 is 0. The predicted molar refractivity (Wildman–Crippen MR) is 47.3 cm³/mol. The number of ether oxygens (including phenoxy) is 2. The average molecular weight is 200 g/mol. The molecule has 1 aliphatic rings. The van der Waals surface area contributed by atoms with Crippen LogP contribution < -0.4 is 5.43 Å². The predicted octanol–water partition coefficient (Wildman–Crippen LogP) is 0.654. The van der Waals surface area contributed by atoms with Crippen molar-refractivity contribution in [1.82, 2.24) is 10.4 Å². The molecular formula is C8H12N2O4. The Labute approximate surface area is 81.4 Å². The van der Waals surface area contributed by atoms with E-state index >= 15 is 0 Å². The average Bonchev–Trinajstić information content (AvgIpc) is 2.48. The molecule has 1 unspecified atom stereocenters. The topological polar surface area (TPSA) is 67.9 Å². The van der Waals surface area contributed by atoms with Gasteiger partial charge in [0.15, 0.2) is 0 Å². The van der Waals surface area contributed by atoms with Gasteiger partial charge in [-0.15, -0.1) is 6.58 Å². The zero-order valence-electron chi connectivity index (χ0n) is 7.86. The van der Waals surface area contributed by atoms with Gasteiger partial charge >= 0.3 is 12.2 Å². The van der Waals surface area contributed by atoms with Gasteiger partial charge in [-0.3, -0.25) is 0 Å². The fourth-order valence-electron chi connectivity index (χ4n) is 1.000. The molecule has 0 aromatic heterocycles. The Bertz CT molecular complexity index is 254. The largest absolute Gasteiger partial charge is 0.449 e. The van der Waals surface area contributed by atoms with E-state index < -0.39 is 12.2 Å². The lowest BCUT2D eigenvalue weighted by atomic mass is 10.3. The van der Waals surface area contributed by atoms with Gasteiger partial charge < -0.3 is 9.47 Å². The minimum Gasteiger partial charge on any atom is -0.449 e. The van der Waals surface area contributed by atoms with Crippen LogP contribution in [-0.4, -0.2) is 36.5 Å². The van der Waals surface area contributed by atoms with E-state index in [1.807, 2.05) is 0 Å². The van der Waals surface area contributed by atoms with Gasteiger partial charge in [0.2, 0.25) is 0 Å². The molecule has 1 N–H and O–H groups in total. The van der Waals surface area contributed by atoms with E-state index in [9.17, 15) is 9.59 Å². The van der Waals surface area contributed by atoms with Crippen LogP contribution in [0.4, 0.5) is 9.59 Å². The third-order valence-electron chi connectivity index (χ3n) is 1.67. The molecule has 14 heavy (non-hydrogen) atoms. The smallest absolute Gasteiger partial charge is 0.429 e. The summed E-state index contributed by atoms with van der Waals surface area (Å²) < 4.78 is 9.30. The van der Waals surface area contributed by atoms with Gasteiger partial charge in [0.05, 0.1) is 6.61 Å². The molecule has 1 aliphatic heterocycles. The van der Waals surface area contributed by atoms with Crippen molar-refractivity contribution in [1.29, 1.82) is 0 Å². The lowest BCUT2D eigenvalue weighted by molar-refractivity contribution is 0.110. The molecule has 0 spiro atoms. The number of nitrogens with zero attached hydrogens (tertiary/aromatic N) is 1. The Morgan fingerprint density at radius 1 is 1.93 bits per heavy atom. The Balaban J connectivity index is 2.52. The first-order valence-corrected chi connectivity index (χ1v) is 4.21. The lowest BCUT2D eigenvalue weighted by Crippen LogP contribution is -2.47. The van der Waals surface area contributed by atoms with Crippen molar-refractivity contribution in [3.05, 3.63) is 12.7 Å². The van der Waals surface area contributed by atoms with E-state index in [2.05, 4.69) is 16.7 Å². The standard InChI is InChI=1S/C8H12N2O4/c1-3-6-5-14-8(12)10(6)9-7(11)13-4-2/h3,6H,1,4-5H2,2H3,(H,9,11). The molecule has 0 aliphatic carbocycles. The van der Waals surface area contributed by atoms with E-state index in [0.29, 0.717) is 0 Å². The van der Waals surface area contributed by atoms with Gasteiger partial charge in [-0.1, -0.05) is 6.08 Å². The second-order valence-corrected chi connectivity index (χ2v) is 2.58. The number of hydrogen-bond donors (Lipinski definition) is 1. The Morgan fingerprint density at radius 3 is 3.21 bits per heavy atom. The SMILES string of the molecule is C=CC1COC(=O)N1NC(=O)OCC. The molecule has 1 rings (SSSR count). The molecule has 6 heteroatoms. The van der Waals surface area contributed by atoms with Gasteiger partial charge in [-0.2, -0.15) is 0 Å². The summed E-state index contributed by atoms with van der Waals surface area (Å²) in [4.78, 5) is 22.1. The summed E-state index contributed by atoms with van der Waals surface area (Å²) in [5.41, 5.74) is 2.26. The molecule has 0 aromatic carbocycles. The third-order valence-corrected chi connectivity index (χ3v) is 1.67. The highest BCUT2D eigenvalue weighted by Crippen LogP contribution is 2.09. The molecule has 0 saturated carbocycles. The summed E-state index contributed by atoms with van der Waals surface area (Å²) in [6.07, 6.45) is 0.220. The van der Waals surface area contributed by atoms with E-state index in [1.165, 1.54) is 6.08 Å². The van der Waals surface area contributed by atoms with Gasteiger partial charge in [0.25, 0.3) is 0 Å². The molecule has 1 saturated heterocycles. The van der Waals surface area contributed by atoms with Crippen LogP contribution in [-0.2, 0) is 9.47 Å². The molecular weight excluding hydrogens is 188 g/mol. The van der Waals surface area contributed by atoms with E-state index in [1.54, 1.807) is 6.92 Å². The second kappa shape index (κ2) is 4.50. The molecule has 0 radical (unpaired) electrons. The van der Waals surface area contributed by atoms with Crippen LogP contribution in [0.1, 0.15) is 6.92 Å². The number of nitrogens with one attached hydrogen (secondary N) is 1. The third kappa shape index (κ3) is 2.15. The Morgan fingerprint density at radius 2 is 2.64 bits per heavy atom. The second-order valence-electron chi connectivity index (χ2n) is 2.58. The van der Waals surface area contributed by atoms with Crippen LogP contribution >= 0.6 is 0 Å². The van der Waals surface area contributed by atoms with Crippen LogP contribution in [0.15, 0.2) is 12.7 Å². The zero-order valence-corrected chi connectivity index (χ0v) is 7.86. The molecule has 78 valence electrons. The minimum absolute atomic E-state index is 0.189. The number of rotatable bonds is 3. The van der Waals surface area contributed by atoms with Crippen molar-refractivity contribution in [2.75, 3.05) is 13.2 Å². The van der Waals surface area contributed by atoms with Crippen molar-refractivity contribution in [2.24, 2.45) is 0 Å². The number of amides is 2. The highest BCUT2D eigenvalue weighted by molar-refractivity contribution is 5.75. The van der Waals surface area contributed by atoms with Crippen molar-refractivity contribution in [3.63, 3.8) is 0 Å². The summed E-state index contributed by atoms with van der Waals surface area (Å²) in [5.74, 6) is 0. The van der Waals surface area contributed by atoms with Crippen LogP contribution in [0.3, 0.4) is 0 Å². The molecule has 6 nitrogen and oxygen atoms in total. The minimum atomic E-state index is -0.682. The van der Waals surface area contributed by atoms with Crippen molar-refractivity contribution < 1.29 is 19.1 Å². The first-order chi connectivity index (χ1) is 6.69. The first kappa shape index (κ1) is 10.4. The van der Waals surface area contributed by atoms with Crippen LogP contribution in [0, 0.1) is 0 Å². The summed E-state index contributed by atoms with van der Waals surface area (Å²) in [6, 6.07) is -0.341. The first-order valence-electron chi connectivity index (χ1n) is 4.21. The summed E-state index contributed by atoms with van der Waals surface area (Å²) in [6.45, 7) is 5.62. The molecule has 1 fully saturated rings. The van der Waals surface area contributed by atoms with Gasteiger partial charge in [-0.25, -0.2) is 20.0 Å². The highest BCUT2D eigenvalue weighted by atomic mass is 16.6. The zero-order chi connectivity index (χ0) is 10.6. The van der Waals surface area contributed by atoms with E-state index in [-0.39, 0.29) is 19.3 Å². The number of hydrazine groups is 1. The van der Waals surface area contributed by atoms with Crippen LogP contribution in [0.2, 0.25) is 0 Å². The number of carbonyl (C=O) groups is 2. The molecule has 1 heterocycles. The van der Waals surface area contributed by atoms with Gasteiger partial charge in [-0.05, 0) is 6.92 Å². The molecule has 0 bridgehead atoms. The molecule has 0 aromatic rings. The van der Waals surface area contributed by atoms with Gasteiger partial charge in [0.1, 0.15) is 12.6 Å². The summed E-state index contributed by atoms with van der Waals surface area (Å²) in [5, 5.41) is 1.05. The number of cyclic esters (lactones) is 1. The maximum absolute atomic E-state index is 11.1. The van der Waals surface area contributed by atoms with Crippen molar-refractivity contribution >= 4 is 12.2 Å². The van der Waals surface area contributed by atoms with Gasteiger partial charge in [0, 0.05) is 0 Å². The van der Waals surface area contributed by atoms with Crippen molar-refractivity contribution in [3.8, 4) is 0 Å². The van der Waals surface area contributed by atoms with Crippen molar-refractivity contribution in [2.45, 2.75) is 13.0 Å². The fraction of sp³-hybridized carbons (Fsp3) is 0.500. The fourth-order valence-corrected chi connectivity index (χ4v) is 1.000. The number of hydrogen-bond acceptors (Lipinski definition) is 4. The lowest BCUT2D eigenvalue weighted by Gasteiger charge is -2.18. The highest BCUT2D eigenvalue weighted by Gasteiger charge is 2.32.